The highest BCUT2D eigenvalue weighted by atomic mass is 35.5. The van der Waals surface area contributed by atoms with E-state index in [4.69, 9.17) is 28.2 Å². The van der Waals surface area contributed by atoms with Gasteiger partial charge in [-0.1, -0.05) is 74.2 Å². The number of amides is 2. The number of aliphatic hydroxyl groups excluding tert-OH is 4. The third kappa shape index (κ3) is 15.8. The highest BCUT2D eigenvalue weighted by Gasteiger charge is 2.26. The van der Waals surface area contributed by atoms with Crippen molar-refractivity contribution in [1.82, 2.24) is 30.8 Å². The van der Waals surface area contributed by atoms with Gasteiger partial charge in [0.1, 0.15) is 12.2 Å². The normalized spacial score (nSPS) is 12.8. The molecule has 3 aromatic rings. The average molecular weight is 745 g/mol. The molecule has 15 heteroatoms. The third-order valence-electron chi connectivity index (χ3n) is 8.35. The van der Waals surface area contributed by atoms with E-state index in [1.807, 2.05) is 36.2 Å². The van der Waals surface area contributed by atoms with Crippen molar-refractivity contribution in [2.45, 2.75) is 77.2 Å². The zero-order valence-electron chi connectivity index (χ0n) is 30.5. The van der Waals surface area contributed by atoms with Crippen LogP contribution in [-0.2, 0) is 13.0 Å². The van der Waals surface area contributed by atoms with Crippen LogP contribution in [0.3, 0.4) is 0 Å². The second kappa shape index (κ2) is 24.4. The number of rotatable bonds is 21. The second-order valence-corrected chi connectivity index (χ2v) is 12.9. The van der Waals surface area contributed by atoms with Crippen LogP contribution in [0, 0.1) is 6.92 Å². The van der Waals surface area contributed by atoms with Crippen LogP contribution in [-0.4, -0.2) is 112 Å². The number of nitrogens with zero attached hydrogens (tertiary/aromatic N) is 3. The first-order valence-corrected chi connectivity index (χ1v) is 18.1. The van der Waals surface area contributed by atoms with Gasteiger partial charge in [-0.3, -0.25) is 14.5 Å². The lowest BCUT2D eigenvalue weighted by Crippen LogP contribution is -2.47. The summed E-state index contributed by atoms with van der Waals surface area (Å²) >= 11 is 5.75. The number of nitrogens with two attached hydrogens (primary N) is 2. The summed E-state index contributed by atoms with van der Waals surface area (Å²) in [7, 11) is 1.87. The number of benzene rings is 2. The average Bonchev–Trinajstić information content (AvgIpc) is 3.13. The predicted octanol–water partition coefficient (Wildman–Crippen LogP) is 2.06. The van der Waals surface area contributed by atoms with E-state index in [1.54, 1.807) is 12.1 Å². The molecule has 14 nitrogen and oxygen atoms in total. The first kappa shape index (κ1) is 44.3. The standard InChI is InChI=1S/C22H39N3O5.C15H18ClN5O/c1-3-4-5-6-12-25(15-19(27)21(29)20(28)16-26)13-11-24-22(30)18-9-7-17(8-10-18)14-23-2;1-9-5-2-3-6-10(9)7-4-8-19-15(22)11-13(17)21-14(18)12(16)20-11/h7-10,19-21,23,26-29H,3-6,11-16H2,1-2H3,(H,24,30);2-3,5-6H,4,7-8H2,1H3,(H,19,22)(H4,17,18,21). The summed E-state index contributed by atoms with van der Waals surface area (Å²) in [5.74, 6) is -0.585. The zero-order valence-corrected chi connectivity index (χ0v) is 31.3. The van der Waals surface area contributed by atoms with Crippen molar-refractivity contribution in [3.05, 3.63) is 81.6 Å². The fourth-order valence-electron chi connectivity index (χ4n) is 5.26. The fraction of sp³-hybridized carbons (Fsp3) is 0.514. The summed E-state index contributed by atoms with van der Waals surface area (Å²) < 4.78 is 0. The van der Waals surface area contributed by atoms with Crippen molar-refractivity contribution in [3.8, 4) is 0 Å². The number of halogens is 1. The van der Waals surface area contributed by atoms with E-state index in [0.717, 1.165) is 50.6 Å². The first-order chi connectivity index (χ1) is 24.9. The van der Waals surface area contributed by atoms with Crippen LogP contribution in [0.4, 0.5) is 11.6 Å². The maximum absolute atomic E-state index is 12.4. The van der Waals surface area contributed by atoms with E-state index >= 15 is 0 Å². The van der Waals surface area contributed by atoms with Gasteiger partial charge in [-0.15, -0.1) is 0 Å². The Hall–Kier alpha value is -3.89. The van der Waals surface area contributed by atoms with Crippen LogP contribution in [0.15, 0.2) is 48.5 Å². The minimum Gasteiger partial charge on any atom is -0.394 e. The minimum absolute atomic E-state index is 0.00454. The quantitative estimate of drug-likeness (QED) is 0.0714. The molecule has 0 aliphatic heterocycles. The molecule has 0 radical (unpaired) electrons. The highest BCUT2D eigenvalue weighted by Crippen LogP contribution is 2.17. The van der Waals surface area contributed by atoms with E-state index < -0.39 is 30.8 Å². The molecular weight excluding hydrogens is 688 g/mol. The molecule has 2 amide bonds. The zero-order chi connectivity index (χ0) is 38.5. The lowest BCUT2D eigenvalue weighted by Gasteiger charge is -2.29. The maximum Gasteiger partial charge on any atom is 0.273 e. The number of aromatic nitrogens is 2. The van der Waals surface area contributed by atoms with Crippen LogP contribution >= 0.6 is 11.6 Å². The van der Waals surface area contributed by atoms with Gasteiger partial charge in [0.15, 0.2) is 22.5 Å². The molecule has 52 heavy (non-hydrogen) atoms. The van der Waals surface area contributed by atoms with Gasteiger partial charge in [0.25, 0.3) is 11.8 Å². The van der Waals surface area contributed by atoms with Crippen LogP contribution in [0.2, 0.25) is 5.15 Å². The molecule has 2 aromatic carbocycles. The molecule has 3 unspecified atom stereocenters. The van der Waals surface area contributed by atoms with E-state index in [0.29, 0.717) is 31.7 Å². The van der Waals surface area contributed by atoms with Crippen LogP contribution in [0.25, 0.3) is 0 Å². The summed E-state index contributed by atoms with van der Waals surface area (Å²) in [5.41, 5.74) is 15.3. The molecule has 0 spiro atoms. The van der Waals surface area contributed by atoms with Crippen molar-refractivity contribution >= 4 is 35.1 Å². The van der Waals surface area contributed by atoms with E-state index in [-0.39, 0.29) is 34.9 Å². The molecule has 1 heterocycles. The fourth-order valence-corrected chi connectivity index (χ4v) is 5.39. The smallest absolute Gasteiger partial charge is 0.273 e. The van der Waals surface area contributed by atoms with Crippen LogP contribution in [0.5, 0.6) is 0 Å². The Morgan fingerprint density at radius 2 is 1.56 bits per heavy atom. The second-order valence-electron chi connectivity index (χ2n) is 12.6. The first-order valence-electron chi connectivity index (χ1n) is 17.7. The van der Waals surface area contributed by atoms with E-state index in [2.05, 4.69) is 51.9 Å². The van der Waals surface area contributed by atoms with Crippen molar-refractivity contribution in [1.29, 1.82) is 0 Å². The third-order valence-corrected chi connectivity index (χ3v) is 8.63. The molecule has 1 aromatic heterocycles. The molecule has 3 atom stereocenters. The number of aryl methyl sites for hydroxylation is 2. The molecule has 0 saturated heterocycles. The number of nitrogen functional groups attached to an aromatic ring is 2. The van der Waals surface area contributed by atoms with Crippen LogP contribution in [0.1, 0.15) is 76.6 Å². The number of anilines is 2. The van der Waals surface area contributed by atoms with Crippen molar-refractivity contribution in [3.63, 3.8) is 0 Å². The number of carbonyl (C=O) groups excluding carboxylic acids is 2. The van der Waals surface area contributed by atoms with Gasteiger partial charge in [0.2, 0.25) is 0 Å². The molecule has 3 rings (SSSR count). The number of nitrogens with one attached hydrogen (secondary N) is 3. The number of carbonyl (C=O) groups is 2. The molecular formula is C37H57ClN8O6. The maximum atomic E-state index is 12.4. The largest absolute Gasteiger partial charge is 0.394 e. The monoisotopic (exact) mass is 744 g/mol. The molecule has 11 N–H and O–H groups in total. The summed E-state index contributed by atoms with van der Waals surface area (Å²) in [6.07, 6.45) is 1.97. The Kier molecular flexibility index (Phi) is 20.7. The van der Waals surface area contributed by atoms with Crippen molar-refractivity contribution < 1.29 is 30.0 Å². The Morgan fingerprint density at radius 1 is 0.865 bits per heavy atom. The Labute approximate surface area is 312 Å². The van der Waals surface area contributed by atoms with Crippen LogP contribution < -0.4 is 27.4 Å². The van der Waals surface area contributed by atoms with Gasteiger partial charge < -0.3 is 47.8 Å². The molecule has 0 aliphatic rings. The number of unbranched alkanes of at least 4 members (excludes halogenated alkanes) is 3. The summed E-state index contributed by atoms with van der Waals surface area (Å²) in [4.78, 5) is 34.0. The topological polar surface area (TPSA) is 232 Å². The van der Waals surface area contributed by atoms with Crippen molar-refractivity contribution in [2.24, 2.45) is 0 Å². The number of aliphatic hydroxyl groups is 4. The van der Waals surface area contributed by atoms with Gasteiger partial charge in [-0.05, 0) is 68.6 Å². The predicted molar refractivity (Wildman–Crippen MR) is 205 cm³/mol. The van der Waals surface area contributed by atoms with E-state index in [9.17, 15) is 24.9 Å². The Balaban J connectivity index is 0.000000376. The van der Waals surface area contributed by atoms with Crippen molar-refractivity contribution in [2.75, 3.05) is 57.8 Å². The molecule has 288 valence electrons. The molecule has 0 aliphatic carbocycles. The van der Waals surface area contributed by atoms with E-state index in [1.165, 1.54) is 11.1 Å². The number of hydrogen-bond donors (Lipinski definition) is 9. The Bertz CT molecular complexity index is 1500. The summed E-state index contributed by atoms with van der Waals surface area (Å²) in [6, 6.07) is 15.6. The lowest BCUT2D eigenvalue weighted by atomic mass is 10.0. The Morgan fingerprint density at radius 3 is 2.21 bits per heavy atom. The van der Waals surface area contributed by atoms with Gasteiger partial charge in [0, 0.05) is 38.3 Å². The molecule has 0 fully saturated rings. The SMILES string of the molecule is CCCCCCN(CCNC(=O)c1ccc(CNC)cc1)CC(O)C(O)C(O)CO.Cc1ccccc1CCCNC(=O)c1nc(Cl)c(N)nc1N. The molecule has 0 saturated carbocycles. The van der Waals surface area contributed by atoms with Gasteiger partial charge in [0.05, 0.1) is 12.7 Å². The summed E-state index contributed by atoms with van der Waals surface area (Å²) in [6.45, 7) is 6.62. The van der Waals surface area contributed by atoms with Gasteiger partial charge >= 0.3 is 0 Å². The summed E-state index contributed by atoms with van der Waals surface area (Å²) in [5, 5.41) is 47.3. The highest BCUT2D eigenvalue weighted by molar-refractivity contribution is 6.31. The van der Waals surface area contributed by atoms with Gasteiger partial charge in [-0.2, -0.15) is 0 Å². The number of hydrogen-bond acceptors (Lipinski definition) is 12. The van der Waals surface area contributed by atoms with Gasteiger partial charge in [-0.25, -0.2) is 9.97 Å². The molecule has 0 bridgehead atoms. The minimum atomic E-state index is -1.42. The lowest BCUT2D eigenvalue weighted by molar-refractivity contribution is -0.0840.